The van der Waals surface area contributed by atoms with Gasteiger partial charge in [0.25, 0.3) is 0 Å². The maximum Gasteiger partial charge on any atom is 0.140 e. The Bertz CT molecular complexity index is 145. The molecule has 0 rings (SSSR count). The van der Waals surface area contributed by atoms with E-state index >= 15 is 0 Å². The molecule has 64 valence electrons. The molecule has 0 unspecified atom stereocenters. The smallest absolute Gasteiger partial charge is 0.140 e. The molecule has 0 aliphatic rings. The Morgan fingerprint density at radius 1 is 1.09 bits per heavy atom. The highest BCUT2D eigenvalue weighted by atomic mass is 16.1. The molecule has 0 aliphatic heterocycles. The molecule has 0 saturated carbocycles. The van der Waals surface area contributed by atoms with Gasteiger partial charge in [0.05, 0.1) is 5.92 Å². The summed E-state index contributed by atoms with van der Waals surface area (Å²) >= 11 is 0. The Morgan fingerprint density at radius 2 is 1.45 bits per heavy atom. The van der Waals surface area contributed by atoms with Crippen LogP contribution in [-0.4, -0.2) is 11.6 Å². The first-order valence-electron chi connectivity index (χ1n) is 3.96. The van der Waals surface area contributed by atoms with Gasteiger partial charge in [-0.25, -0.2) is 0 Å². The molecule has 0 aliphatic carbocycles. The van der Waals surface area contributed by atoms with Crippen LogP contribution in [0, 0.1) is 11.8 Å². The fourth-order valence-electron chi connectivity index (χ4n) is 1.09. The van der Waals surface area contributed by atoms with Gasteiger partial charge in [-0.2, -0.15) is 0 Å². The molecule has 0 aromatic heterocycles. The van der Waals surface area contributed by atoms with Gasteiger partial charge in [0.15, 0.2) is 0 Å². The van der Waals surface area contributed by atoms with Crippen LogP contribution < -0.4 is 0 Å². The minimum Gasteiger partial charge on any atom is -0.299 e. The molecular weight excluding hydrogens is 140 g/mol. The van der Waals surface area contributed by atoms with Crippen LogP contribution in [0.2, 0.25) is 0 Å². The standard InChI is InChI=1S/C9H16O2/c1-6(2)5-9(7(3)10)8(4)11/h6,9H,5H2,1-4H3. The lowest BCUT2D eigenvalue weighted by Crippen LogP contribution is -2.21. The van der Waals surface area contributed by atoms with Gasteiger partial charge < -0.3 is 0 Å². The van der Waals surface area contributed by atoms with Gasteiger partial charge in [-0.15, -0.1) is 0 Å². The van der Waals surface area contributed by atoms with Gasteiger partial charge in [0.2, 0.25) is 0 Å². The molecule has 0 atom stereocenters. The summed E-state index contributed by atoms with van der Waals surface area (Å²) in [4.78, 5) is 21.8. The van der Waals surface area contributed by atoms with Gasteiger partial charge in [0, 0.05) is 0 Å². The fourth-order valence-corrected chi connectivity index (χ4v) is 1.09. The summed E-state index contributed by atoms with van der Waals surface area (Å²) in [7, 11) is 0. The van der Waals surface area contributed by atoms with Crippen molar-refractivity contribution in [3.63, 3.8) is 0 Å². The quantitative estimate of drug-likeness (QED) is 0.582. The molecule has 0 aromatic rings. The summed E-state index contributed by atoms with van der Waals surface area (Å²) in [6, 6.07) is 0. The highest BCUT2D eigenvalue weighted by molar-refractivity contribution is 6.00. The second-order valence-corrected chi connectivity index (χ2v) is 3.40. The SMILES string of the molecule is CC(=O)C(CC(C)C)C(C)=O. The van der Waals surface area contributed by atoms with Crippen LogP contribution in [0.4, 0.5) is 0 Å². The molecule has 2 heteroatoms. The second-order valence-electron chi connectivity index (χ2n) is 3.40. The van der Waals surface area contributed by atoms with E-state index in [9.17, 15) is 9.59 Å². The first-order valence-corrected chi connectivity index (χ1v) is 3.96. The lowest BCUT2D eigenvalue weighted by Gasteiger charge is -2.11. The molecular formula is C9H16O2. The third kappa shape index (κ3) is 3.91. The zero-order valence-electron chi connectivity index (χ0n) is 7.68. The molecule has 0 radical (unpaired) electrons. The molecule has 0 bridgehead atoms. The van der Waals surface area contributed by atoms with Crippen LogP contribution in [0.3, 0.4) is 0 Å². The topological polar surface area (TPSA) is 34.1 Å². The minimum absolute atomic E-state index is 0.00815. The highest BCUT2D eigenvalue weighted by Gasteiger charge is 2.19. The lowest BCUT2D eigenvalue weighted by molar-refractivity contribution is -0.130. The highest BCUT2D eigenvalue weighted by Crippen LogP contribution is 2.13. The van der Waals surface area contributed by atoms with Crippen LogP contribution in [-0.2, 0) is 9.59 Å². The molecule has 0 spiro atoms. The average Bonchev–Trinajstić information content (AvgIpc) is 1.81. The normalized spacial score (nSPS) is 10.7. The van der Waals surface area contributed by atoms with Crippen molar-refractivity contribution in [2.45, 2.75) is 34.1 Å². The maximum atomic E-state index is 10.9. The van der Waals surface area contributed by atoms with E-state index in [-0.39, 0.29) is 17.5 Å². The van der Waals surface area contributed by atoms with E-state index in [2.05, 4.69) is 0 Å². The Morgan fingerprint density at radius 3 is 1.55 bits per heavy atom. The molecule has 11 heavy (non-hydrogen) atoms. The largest absolute Gasteiger partial charge is 0.299 e. The molecule has 0 amide bonds. The van der Waals surface area contributed by atoms with E-state index in [1.165, 1.54) is 13.8 Å². The Labute approximate surface area is 68.0 Å². The van der Waals surface area contributed by atoms with E-state index < -0.39 is 0 Å². The number of carbonyl (C=O) groups is 2. The minimum atomic E-state index is -0.366. The molecule has 2 nitrogen and oxygen atoms in total. The van der Waals surface area contributed by atoms with Gasteiger partial charge in [-0.1, -0.05) is 13.8 Å². The first-order chi connectivity index (χ1) is 4.95. The summed E-state index contributed by atoms with van der Waals surface area (Å²) in [6.07, 6.45) is 0.685. The lowest BCUT2D eigenvalue weighted by atomic mass is 9.91. The van der Waals surface area contributed by atoms with Crippen LogP contribution >= 0.6 is 0 Å². The number of rotatable bonds is 4. The zero-order valence-corrected chi connectivity index (χ0v) is 7.68. The molecule has 0 aromatic carbocycles. The second kappa shape index (κ2) is 4.27. The van der Waals surface area contributed by atoms with Crippen molar-refractivity contribution in [1.29, 1.82) is 0 Å². The van der Waals surface area contributed by atoms with Crippen molar-refractivity contribution in [2.24, 2.45) is 11.8 Å². The molecule has 0 fully saturated rings. The maximum absolute atomic E-state index is 10.9. The average molecular weight is 156 g/mol. The summed E-state index contributed by atoms with van der Waals surface area (Å²) < 4.78 is 0. The van der Waals surface area contributed by atoms with Crippen molar-refractivity contribution >= 4 is 11.6 Å². The Balaban J connectivity index is 4.12. The predicted octanol–water partition coefficient (Wildman–Crippen LogP) is 1.83. The van der Waals surface area contributed by atoms with E-state index in [0.29, 0.717) is 12.3 Å². The van der Waals surface area contributed by atoms with Gasteiger partial charge >= 0.3 is 0 Å². The molecule has 0 saturated heterocycles. The number of carbonyl (C=O) groups excluding carboxylic acids is 2. The zero-order chi connectivity index (χ0) is 9.02. The number of hydrogen-bond acceptors (Lipinski definition) is 2. The monoisotopic (exact) mass is 156 g/mol. The Hall–Kier alpha value is -0.660. The third-order valence-corrected chi connectivity index (χ3v) is 1.69. The van der Waals surface area contributed by atoms with Gasteiger partial charge in [-0.05, 0) is 26.2 Å². The summed E-state index contributed by atoms with van der Waals surface area (Å²) in [5.74, 6) is 0.0280. The third-order valence-electron chi connectivity index (χ3n) is 1.69. The fraction of sp³-hybridized carbons (Fsp3) is 0.778. The van der Waals surface area contributed by atoms with Crippen molar-refractivity contribution < 1.29 is 9.59 Å². The van der Waals surface area contributed by atoms with Crippen LogP contribution in [0.25, 0.3) is 0 Å². The van der Waals surface area contributed by atoms with Crippen LogP contribution in [0.5, 0.6) is 0 Å². The summed E-state index contributed by atoms with van der Waals surface area (Å²) in [5.41, 5.74) is 0. The van der Waals surface area contributed by atoms with Crippen molar-refractivity contribution in [1.82, 2.24) is 0 Å². The van der Waals surface area contributed by atoms with Crippen molar-refractivity contribution in [3.8, 4) is 0 Å². The first kappa shape index (κ1) is 10.3. The number of ketones is 2. The summed E-state index contributed by atoms with van der Waals surface area (Å²) in [6.45, 7) is 6.99. The number of Topliss-reactive ketones (excluding diaryl/α,β-unsaturated/α-hetero) is 2. The van der Waals surface area contributed by atoms with E-state index in [0.717, 1.165) is 0 Å². The van der Waals surface area contributed by atoms with Crippen molar-refractivity contribution in [3.05, 3.63) is 0 Å². The summed E-state index contributed by atoms with van der Waals surface area (Å²) in [5, 5.41) is 0. The Kier molecular flexibility index (Phi) is 4.01. The molecule has 0 N–H and O–H groups in total. The van der Waals surface area contributed by atoms with E-state index in [1.807, 2.05) is 13.8 Å². The van der Waals surface area contributed by atoms with Gasteiger partial charge in [-0.3, -0.25) is 9.59 Å². The van der Waals surface area contributed by atoms with E-state index in [4.69, 9.17) is 0 Å². The predicted molar refractivity (Wildman–Crippen MR) is 44.3 cm³/mol. The van der Waals surface area contributed by atoms with Gasteiger partial charge in [0.1, 0.15) is 11.6 Å². The number of hydrogen-bond donors (Lipinski definition) is 0. The van der Waals surface area contributed by atoms with Crippen LogP contribution in [0.1, 0.15) is 34.1 Å². The van der Waals surface area contributed by atoms with Crippen molar-refractivity contribution in [2.75, 3.05) is 0 Å². The van der Waals surface area contributed by atoms with E-state index in [1.54, 1.807) is 0 Å². The van der Waals surface area contributed by atoms with Crippen LogP contribution in [0.15, 0.2) is 0 Å². The molecule has 0 heterocycles.